The van der Waals surface area contributed by atoms with E-state index in [1.807, 2.05) is 19.9 Å². The largest absolute Gasteiger partial charge is 1.00 e. The lowest BCUT2D eigenvalue weighted by Crippen LogP contribution is -1.84. The lowest BCUT2D eigenvalue weighted by molar-refractivity contribution is 1.15. The van der Waals surface area contributed by atoms with E-state index in [4.69, 9.17) is 11.6 Å². The van der Waals surface area contributed by atoms with Crippen LogP contribution in [-0.4, -0.2) is 4.98 Å². The summed E-state index contributed by atoms with van der Waals surface area (Å²) >= 11 is 5.61. The van der Waals surface area contributed by atoms with Gasteiger partial charge in [-0.25, -0.2) is 4.98 Å². The van der Waals surface area contributed by atoms with E-state index in [1.165, 1.54) is 5.56 Å². The summed E-state index contributed by atoms with van der Waals surface area (Å²) in [5.74, 6) is 0. The molecule has 0 radical (unpaired) electrons. The van der Waals surface area contributed by atoms with Crippen LogP contribution in [0, 0.1) is 13.8 Å². The van der Waals surface area contributed by atoms with Gasteiger partial charge in [0.05, 0.1) is 0 Å². The fraction of sp³-hybridized carbons (Fsp3) is 0.286. The highest BCUT2D eigenvalue weighted by Gasteiger charge is 1.92. The van der Waals surface area contributed by atoms with E-state index in [2.05, 4.69) is 4.98 Å². The van der Waals surface area contributed by atoms with Crippen LogP contribution in [0.25, 0.3) is 0 Å². The second-order valence-corrected chi connectivity index (χ2v) is 2.42. The van der Waals surface area contributed by atoms with Crippen molar-refractivity contribution >= 4 is 11.6 Å². The standard InChI is InChI=1S/C7H8ClN/c1-5-3-4-7(8)9-6(5)2/h3-4H,1-2H3/p+1. The summed E-state index contributed by atoms with van der Waals surface area (Å²) < 4.78 is 0. The molecule has 48 valence electrons. The molecule has 0 aliphatic rings. The number of aryl methyl sites for hydroxylation is 2. The fourth-order valence-electron chi connectivity index (χ4n) is 0.600. The van der Waals surface area contributed by atoms with Gasteiger partial charge in [0.1, 0.15) is 5.15 Å². The number of pyridine rings is 1. The number of halogens is 1. The van der Waals surface area contributed by atoms with Crippen LogP contribution < -0.4 is 0 Å². The van der Waals surface area contributed by atoms with Crippen molar-refractivity contribution in [3.63, 3.8) is 0 Å². The molecule has 1 heterocycles. The van der Waals surface area contributed by atoms with E-state index in [1.54, 1.807) is 6.07 Å². The number of hydrogen-bond acceptors (Lipinski definition) is 1. The average Bonchev–Trinajstić information content (AvgIpc) is 1.80. The zero-order chi connectivity index (χ0) is 6.85. The Morgan fingerprint density at radius 1 is 1.44 bits per heavy atom. The molecule has 0 spiro atoms. The van der Waals surface area contributed by atoms with Gasteiger partial charge < -0.3 is 0 Å². The first-order chi connectivity index (χ1) is 4.20. The lowest BCUT2D eigenvalue weighted by Gasteiger charge is -1.95. The van der Waals surface area contributed by atoms with Crippen LogP contribution >= 0.6 is 11.6 Å². The van der Waals surface area contributed by atoms with Gasteiger partial charge in [-0.1, -0.05) is 17.7 Å². The van der Waals surface area contributed by atoms with E-state index in [9.17, 15) is 0 Å². The zero-order valence-electron chi connectivity index (χ0n) is 6.48. The van der Waals surface area contributed by atoms with E-state index >= 15 is 0 Å². The van der Waals surface area contributed by atoms with E-state index in [-0.39, 0.29) is 1.43 Å². The third-order valence-electron chi connectivity index (χ3n) is 1.32. The quantitative estimate of drug-likeness (QED) is 0.507. The van der Waals surface area contributed by atoms with Gasteiger partial charge in [-0.3, -0.25) is 0 Å². The monoisotopic (exact) mass is 142 g/mol. The summed E-state index contributed by atoms with van der Waals surface area (Å²) in [4.78, 5) is 4.04. The highest BCUT2D eigenvalue weighted by atomic mass is 35.5. The van der Waals surface area contributed by atoms with Crippen molar-refractivity contribution in [1.29, 1.82) is 0 Å². The Bertz CT molecular complexity index is 225. The molecule has 0 bridgehead atoms. The third kappa shape index (κ3) is 1.42. The molecule has 0 N–H and O–H groups in total. The SMILES string of the molecule is Cc1ccc(Cl)nc1C.[H+]. The Hall–Kier alpha value is -0.560. The number of rotatable bonds is 0. The molecule has 0 fully saturated rings. The van der Waals surface area contributed by atoms with Crippen molar-refractivity contribution in [2.75, 3.05) is 0 Å². The molecule has 0 amide bonds. The van der Waals surface area contributed by atoms with E-state index in [0.29, 0.717) is 5.15 Å². The predicted molar refractivity (Wildman–Crippen MR) is 39.8 cm³/mol. The Morgan fingerprint density at radius 2 is 2.11 bits per heavy atom. The first-order valence-corrected chi connectivity index (χ1v) is 3.17. The minimum Gasteiger partial charge on any atom is -0.241 e. The molecule has 2 heteroatoms. The van der Waals surface area contributed by atoms with Gasteiger partial charge in [-0.2, -0.15) is 0 Å². The van der Waals surface area contributed by atoms with Crippen molar-refractivity contribution in [1.82, 2.24) is 4.98 Å². The molecular formula is C7H9ClN+. The summed E-state index contributed by atoms with van der Waals surface area (Å²) in [7, 11) is 0. The summed E-state index contributed by atoms with van der Waals surface area (Å²) in [6.45, 7) is 3.96. The van der Waals surface area contributed by atoms with Crippen molar-refractivity contribution in [2.24, 2.45) is 0 Å². The van der Waals surface area contributed by atoms with Gasteiger partial charge in [0.25, 0.3) is 0 Å². The molecule has 0 atom stereocenters. The van der Waals surface area contributed by atoms with Crippen LogP contribution in [0.5, 0.6) is 0 Å². The van der Waals surface area contributed by atoms with Crippen molar-refractivity contribution in [3.05, 3.63) is 28.5 Å². The normalized spacial score (nSPS) is 9.67. The van der Waals surface area contributed by atoms with Gasteiger partial charge >= 0.3 is 1.43 Å². The van der Waals surface area contributed by atoms with E-state index < -0.39 is 0 Å². The van der Waals surface area contributed by atoms with Gasteiger partial charge in [0.2, 0.25) is 0 Å². The van der Waals surface area contributed by atoms with E-state index in [0.717, 1.165) is 5.69 Å². The molecule has 1 nitrogen and oxygen atoms in total. The maximum absolute atomic E-state index is 5.61. The fourth-order valence-corrected chi connectivity index (χ4v) is 0.790. The highest BCUT2D eigenvalue weighted by Crippen LogP contribution is 2.08. The third-order valence-corrected chi connectivity index (χ3v) is 1.53. The molecule has 0 aliphatic heterocycles. The van der Waals surface area contributed by atoms with Crippen LogP contribution in [0.15, 0.2) is 12.1 Å². The number of nitrogens with zero attached hydrogens (tertiary/aromatic N) is 1. The second-order valence-electron chi connectivity index (χ2n) is 2.04. The van der Waals surface area contributed by atoms with Crippen molar-refractivity contribution in [3.8, 4) is 0 Å². The molecule has 0 aromatic carbocycles. The maximum Gasteiger partial charge on any atom is 1.00 e. The van der Waals surface area contributed by atoms with Crippen molar-refractivity contribution in [2.45, 2.75) is 13.8 Å². The summed E-state index contributed by atoms with van der Waals surface area (Å²) in [6.07, 6.45) is 0. The van der Waals surface area contributed by atoms with Crippen LogP contribution in [0.4, 0.5) is 0 Å². The minimum atomic E-state index is 0. The Balaban J connectivity index is 0.000000810. The van der Waals surface area contributed by atoms with Gasteiger partial charge in [0, 0.05) is 5.69 Å². The molecule has 1 aromatic heterocycles. The first kappa shape index (κ1) is 6.56. The molecule has 0 unspecified atom stereocenters. The van der Waals surface area contributed by atoms with Crippen LogP contribution in [0.3, 0.4) is 0 Å². The zero-order valence-corrected chi connectivity index (χ0v) is 6.24. The summed E-state index contributed by atoms with van der Waals surface area (Å²) in [5, 5.41) is 0.568. The van der Waals surface area contributed by atoms with Crippen LogP contribution in [0.2, 0.25) is 5.15 Å². The van der Waals surface area contributed by atoms with Crippen LogP contribution in [0.1, 0.15) is 12.7 Å². The van der Waals surface area contributed by atoms with Crippen LogP contribution in [-0.2, 0) is 0 Å². The average molecular weight is 143 g/mol. The Morgan fingerprint density at radius 3 is 2.56 bits per heavy atom. The minimum absolute atomic E-state index is 0. The van der Waals surface area contributed by atoms with Gasteiger partial charge in [0.15, 0.2) is 0 Å². The molecule has 1 aromatic rings. The highest BCUT2D eigenvalue weighted by molar-refractivity contribution is 6.29. The molecule has 0 aliphatic carbocycles. The topological polar surface area (TPSA) is 12.9 Å². The first-order valence-electron chi connectivity index (χ1n) is 2.80. The summed E-state index contributed by atoms with van der Waals surface area (Å²) in [6, 6.07) is 3.76. The Labute approximate surface area is 61.2 Å². The molecule has 0 saturated heterocycles. The van der Waals surface area contributed by atoms with Gasteiger partial charge in [-0.15, -0.1) is 0 Å². The molecular weight excluding hydrogens is 134 g/mol. The van der Waals surface area contributed by atoms with Crippen molar-refractivity contribution < 1.29 is 1.43 Å². The maximum atomic E-state index is 5.61. The van der Waals surface area contributed by atoms with Gasteiger partial charge in [-0.05, 0) is 25.5 Å². The predicted octanol–water partition coefficient (Wildman–Crippen LogP) is 2.46. The molecule has 0 saturated carbocycles. The smallest absolute Gasteiger partial charge is 0.241 e. The number of hydrogen-bond donors (Lipinski definition) is 0. The summed E-state index contributed by atoms with van der Waals surface area (Å²) in [5.41, 5.74) is 2.18. The molecule has 9 heavy (non-hydrogen) atoms. The number of aromatic nitrogens is 1. The Kier molecular flexibility index (Phi) is 1.72. The lowest BCUT2D eigenvalue weighted by atomic mass is 10.2. The second kappa shape index (κ2) is 2.36. The molecule has 1 rings (SSSR count).